The van der Waals surface area contributed by atoms with Crippen molar-refractivity contribution < 1.29 is 14.6 Å². The van der Waals surface area contributed by atoms with Gasteiger partial charge in [0.1, 0.15) is 0 Å². The van der Waals surface area contributed by atoms with Gasteiger partial charge < -0.3 is 15.6 Å². The Hall–Kier alpha value is -1.99. The lowest BCUT2D eigenvalue weighted by molar-refractivity contribution is 0.112. The van der Waals surface area contributed by atoms with Crippen LogP contribution in [-0.2, 0) is 0 Å². The summed E-state index contributed by atoms with van der Waals surface area (Å²) in [4.78, 5) is 10.8. The van der Waals surface area contributed by atoms with Crippen LogP contribution in [0.15, 0.2) is 12.1 Å². The third-order valence-corrected chi connectivity index (χ3v) is 2.00. The lowest BCUT2D eigenvalue weighted by Crippen LogP contribution is -1.96. The number of methoxy groups -OCH3 is 1. The van der Waals surface area contributed by atoms with Crippen molar-refractivity contribution in [2.24, 2.45) is 5.73 Å². The molecular weight excluding hydrogens is 206 g/mol. The Balaban J connectivity index is 3.22. The van der Waals surface area contributed by atoms with Crippen molar-refractivity contribution >= 4 is 6.29 Å². The summed E-state index contributed by atoms with van der Waals surface area (Å²) < 4.78 is 4.93. The van der Waals surface area contributed by atoms with Crippen LogP contribution in [0.5, 0.6) is 11.5 Å². The molecule has 1 aromatic carbocycles. The second kappa shape index (κ2) is 5.79. The monoisotopic (exact) mass is 219 g/mol. The van der Waals surface area contributed by atoms with Crippen LogP contribution < -0.4 is 10.5 Å². The van der Waals surface area contributed by atoms with Crippen molar-refractivity contribution in [3.63, 3.8) is 0 Å². The van der Waals surface area contributed by atoms with E-state index in [0.717, 1.165) is 0 Å². The van der Waals surface area contributed by atoms with E-state index in [9.17, 15) is 9.90 Å². The normalized spacial score (nSPS) is 9.12. The van der Waals surface area contributed by atoms with Gasteiger partial charge in [0.2, 0.25) is 0 Å². The number of benzene rings is 1. The number of carbonyl (C=O) groups is 1. The second-order valence-corrected chi connectivity index (χ2v) is 3.04. The van der Waals surface area contributed by atoms with Crippen LogP contribution >= 0.6 is 0 Å². The van der Waals surface area contributed by atoms with E-state index < -0.39 is 0 Å². The first-order valence-corrected chi connectivity index (χ1v) is 4.78. The minimum atomic E-state index is -0.114. The number of carbonyl (C=O) groups excluding carboxylic acids is 1. The zero-order valence-corrected chi connectivity index (χ0v) is 8.99. The van der Waals surface area contributed by atoms with Crippen molar-refractivity contribution in [3.8, 4) is 23.3 Å². The van der Waals surface area contributed by atoms with Crippen molar-refractivity contribution in [2.45, 2.75) is 6.42 Å². The number of rotatable bonds is 3. The molecule has 0 aromatic heterocycles. The van der Waals surface area contributed by atoms with Gasteiger partial charge in [-0.05, 0) is 12.1 Å². The molecule has 1 rings (SSSR count). The van der Waals surface area contributed by atoms with Gasteiger partial charge in [-0.1, -0.05) is 11.8 Å². The van der Waals surface area contributed by atoms with E-state index in [1.165, 1.54) is 13.2 Å². The van der Waals surface area contributed by atoms with Gasteiger partial charge in [-0.25, -0.2) is 0 Å². The van der Waals surface area contributed by atoms with E-state index in [1.807, 2.05) is 0 Å². The Labute approximate surface area is 94.0 Å². The third-order valence-electron chi connectivity index (χ3n) is 2.00. The molecule has 0 aliphatic rings. The van der Waals surface area contributed by atoms with Gasteiger partial charge in [0.25, 0.3) is 0 Å². The highest BCUT2D eigenvalue weighted by atomic mass is 16.5. The van der Waals surface area contributed by atoms with Gasteiger partial charge in [0.15, 0.2) is 17.8 Å². The van der Waals surface area contributed by atoms with E-state index in [4.69, 9.17) is 10.5 Å². The van der Waals surface area contributed by atoms with Gasteiger partial charge in [0.05, 0.1) is 12.7 Å². The first-order valence-electron chi connectivity index (χ1n) is 4.78. The molecule has 1 aromatic rings. The summed E-state index contributed by atoms with van der Waals surface area (Å²) in [6, 6.07) is 3.07. The average Bonchev–Trinajstić information content (AvgIpc) is 2.31. The summed E-state index contributed by atoms with van der Waals surface area (Å²) in [5.74, 6) is 5.67. The van der Waals surface area contributed by atoms with Gasteiger partial charge in [-0.3, -0.25) is 4.79 Å². The maximum absolute atomic E-state index is 10.8. The lowest BCUT2D eigenvalue weighted by atomic mass is 10.1. The molecule has 0 aliphatic carbocycles. The summed E-state index contributed by atoms with van der Waals surface area (Å²) in [6.07, 6.45) is 1.15. The van der Waals surface area contributed by atoms with Gasteiger partial charge in [0, 0.05) is 18.5 Å². The fourth-order valence-corrected chi connectivity index (χ4v) is 1.21. The maximum atomic E-state index is 10.8. The van der Waals surface area contributed by atoms with Crippen LogP contribution in [0.25, 0.3) is 0 Å². The number of phenolic OH excluding ortho intramolecular Hbond substituents is 1. The van der Waals surface area contributed by atoms with Crippen LogP contribution in [0.1, 0.15) is 22.3 Å². The van der Waals surface area contributed by atoms with Crippen LogP contribution in [0.3, 0.4) is 0 Å². The largest absolute Gasteiger partial charge is 0.503 e. The summed E-state index contributed by atoms with van der Waals surface area (Å²) >= 11 is 0. The van der Waals surface area contributed by atoms with Gasteiger partial charge in [-0.2, -0.15) is 0 Å². The highest BCUT2D eigenvalue weighted by Crippen LogP contribution is 2.30. The fraction of sp³-hybridized carbons (Fsp3) is 0.250. The summed E-state index contributed by atoms with van der Waals surface area (Å²) in [5.41, 5.74) is 5.91. The first-order chi connectivity index (χ1) is 7.74. The zero-order valence-electron chi connectivity index (χ0n) is 8.99. The lowest BCUT2D eigenvalue weighted by Gasteiger charge is -2.06. The minimum Gasteiger partial charge on any atom is -0.503 e. The first kappa shape index (κ1) is 12.1. The number of ether oxygens (including phenoxy) is 1. The molecule has 0 spiro atoms. The molecule has 0 fully saturated rings. The number of hydrogen-bond donors (Lipinski definition) is 2. The Morgan fingerprint density at radius 1 is 1.56 bits per heavy atom. The SMILES string of the molecule is COc1ccc(C=O)c(C#CCCN)c1O. The second-order valence-electron chi connectivity index (χ2n) is 3.04. The van der Waals surface area contributed by atoms with Crippen molar-refractivity contribution in [3.05, 3.63) is 23.3 Å². The third kappa shape index (κ3) is 2.53. The number of hydrogen-bond acceptors (Lipinski definition) is 4. The molecule has 3 N–H and O–H groups in total. The predicted molar refractivity (Wildman–Crippen MR) is 60.6 cm³/mol. The topological polar surface area (TPSA) is 72.5 Å². The number of nitrogens with two attached hydrogens (primary N) is 1. The standard InChI is InChI=1S/C12H13NO3/c1-16-11-6-5-9(8-14)10(12(11)15)4-2-3-7-13/h5-6,8,15H,3,7,13H2,1H3. The van der Waals surface area contributed by atoms with Crippen molar-refractivity contribution in [1.82, 2.24) is 0 Å². The smallest absolute Gasteiger partial charge is 0.174 e. The van der Waals surface area contributed by atoms with Crippen molar-refractivity contribution in [2.75, 3.05) is 13.7 Å². The zero-order chi connectivity index (χ0) is 12.0. The van der Waals surface area contributed by atoms with E-state index in [-0.39, 0.29) is 11.3 Å². The van der Waals surface area contributed by atoms with Crippen LogP contribution in [0, 0.1) is 11.8 Å². The van der Waals surface area contributed by atoms with Crippen LogP contribution in [0.4, 0.5) is 0 Å². The molecule has 0 atom stereocenters. The van der Waals surface area contributed by atoms with E-state index in [0.29, 0.717) is 30.6 Å². The Morgan fingerprint density at radius 2 is 2.31 bits per heavy atom. The molecule has 84 valence electrons. The maximum Gasteiger partial charge on any atom is 0.174 e. The minimum absolute atomic E-state index is 0.114. The van der Waals surface area contributed by atoms with Gasteiger partial charge >= 0.3 is 0 Å². The molecule has 0 saturated carbocycles. The highest BCUT2D eigenvalue weighted by molar-refractivity contribution is 5.82. The van der Waals surface area contributed by atoms with E-state index in [2.05, 4.69) is 11.8 Å². The summed E-state index contributed by atoms with van der Waals surface area (Å²) in [6.45, 7) is 0.439. The predicted octanol–water partition coefficient (Wildman–Crippen LogP) is 0.914. The number of aromatic hydroxyl groups is 1. The molecule has 0 amide bonds. The van der Waals surface area contributed by atoms with Gasteiger partial charge in [-0.15, -0.1) is 0 Å². The molecule has 0 saturated heterocycles. The Morgan fingerprint density at radius 3 is 2.88 bits per heavy atom. The molecule has 0 aliphatic heterocycles. The molecule has 16 heavy (non-hydrogen) atoms. The fourth-order valence-electron chi connectivity index (χ4n) is 1.21. The molecule has 4 nitrogen and oxygen atoms in total. The Kier molecular flexibility index (Phi) is 4.37. The number of phenols is 1. The highest BCUT2D eigenvalue weighted by Gasteiger charge is 2.10. The molecule has 0 radical (unpaired) electrons. The number of aldehydes is 1. The van der Waals surface area contributed by atoms with Crippen LogP contribution in [0.2, 0.25) is 0 Å². The average molecular weight is 219 g/mol. The molecular formula is C12H13NO3. The summed E-state index contributed by atoms with van der Waals surface area (Å²) in [5, 5.41) is 9.78. The molecule has 0 unspecified atom stereocenters. The Bertz CT molecular complexity index is 444. The molecule has 0 heterocycles. The quantitative estimate of drug-likeness (QED) is 0.585. The van der Waals surface area contributed by atoms with E-state index in [1.54, 1.807) is 6.07 Å². The van der Waals surface area contributed by atoms with E-state index >= 15 is 0 Å². The van der Waals surface area contributed by atoms with Crippen LogP contribution in [-0.4, -0.2) is 25.0 Å². The molecule has 4 heteroatoms. The van der Waals surface area contributed by atoms with Crippen molar-refractivity contribution in [1.29, 1.82) is 0 Å². The summed E-state index contributed by atoms with van der Waals surface area (Å²) in [7, 11) is 1.44. The molecule has 0 bridgehead atoms.